The van der Waals surface area contributed by atoms with E-state index in [9.17, 15) is 4.79 Å². The lowest BCUT2D eigenvalue weighted by Gasteiger charge is -2.44. The van der Waals surface area contributed by atoms with Crippen molar-refractivity contribution in [3.63, 3.8) is 0 Å². The Labute approximate surface area is 311 Å². The first-order chi connectivity index (χ1) is 25.7. The van der Waals surface area contributed by atoms with E-state index in [-0.39, 0.29) is 5.43 Å². The smallest absolute Gasteiger partial charge is 0.247 e. The molecule has 7 aromatic rings. The molecule has 0 radical (unpaired) electrons. The number of benzene rings is 6. The van der Waals surface area contributed by atoms with E-state index in [4.69, 9.17) is 0 Å². The summed E-state index contributed by atoms with van der Waals surface area (Å²) in [6.45, 7) is 4.46. The molecule has 0 bridgehead atoms. The van der Waals surface area contributed by atoms with Crippen LogP contribution in [0, 0.1) is 0 Å². The van der Waals surface area contributed by atoms with Gasteiger partial charge in [-0.3, -0.25) is 14.3 Å². The predicted octanol–water partition coefficient (Wildman–Crippen LogP) is 7.67. The van der Waals surface area contributed by atoms with Crippen LogP contribution in [0.2, 0.25) is 0 Å². The van der Waals surface area contributed by atoms with Gasteiger partial charge in [-0.05, 0) is 37.5 Å². The molecule has 5 heteroatoms. The van der Waals surface area contributed by atoms with E-state index in [1.165, 1.54) is 78.4 Å². The van der Waals surface area contributed by atoms with E-state index < -0.39 is 6.15 Å². The first-order valence-electron chi connectivity index (χ1n) is 18.9. The van der Waals surface area contributed by atoms with Gasteiger partial charge in [0.1, 0.15) is 12.7 Å². The van der Waals surface area contributed by atoms with Gasteiger partial charge < -0.3 is 0 Å². The average molecular weight is 697 g/mol. The van der Waals surface area contributed by atoms with Gasteiger partial charge in [-0.2, -0.15) is 21.9 Å². The Morgan fingerprint density at radius 2 is 1.06 bits per heavy atom. The van der Waals surface area contributed by atoms with Crippen molar-refractivity contribution in [1.82, 2.24) is 4.90 Å². The number of hydrogen-bond donors (Lipinski definition) is 0. The minimum atomic E-state index is -1.22. The molecule has 0 N–H and O–H groups in total. The highest BCUT2D eigenvalue weighted by Gasteiger charge is 2.31. The number of amidine groups is 1. The summed E-state index contributed by atoms with van der Waals surface area (Å²) in [4.78, 5) is 15.6. The zero-order valence-corrected chi connectivity index (χ0v) is 30.6. The molecular formula is C47H45BN2OS. The summed E-state index contributed by atoms with van der Waals surface area (Å²) in [7, 11) is 0. The van der Waals surface area contributed by atoms with Crippen LogP contribution in [0.4, 0.5) is 0 Å². The quantitative estimate of drug-likeness (QED) is 0.101. The summed E-state index contributed by atoms with van der Waals surface area (Å²) in [6.07, 6.45) is 5.18. The zero-order valence-electron chi connectivity index (χ0n) is 29.7. The normalized spacial score (nSPS) is 14.7. The Hall–Kier alpha value is -5.26. The number of rotatable bonds is 6. The van der Waals surface area contributed by atoms with Gasteiger partial charge in [-0.15, -0.1) is 11.3 Å². The van der Waals surface area contributed by atoms with E-state index in [0.717, 1.165) is 33.3 Å². The van der Waals surface area contributed by atoms with Gasteiger partial charge in [0.15, 0.2) is 5.43 Å². The van der Waals surface area contributed by atoms with Gasteiger partial charge >= 0.3 is 0 Å². The fraction of sp³-hybridized carbons (Fsp3) is 0.191. The Kier molecular flexibility index (Phi) is 10.1. The second-order valence-electron chi connectivity index (χ2n) is 14.2. The first-order valence-corrected chi connectivity index (χ1v) is 19.7. The largest absolute Gasteiger partial charge is 0.289 e. The van der Waals surface area contributed by atoms with Crippen LogP contribution >= 0.6 is 11.3 Å². The van der Waals surface area contributed by atoms with E-state index in [0.29, 0.717) is 0 Å². The molecule has 1 aromatic heterocycles. The summed E-state index contributed by atoms with van der Waals surface area (Å²) in [5.74, 6) is 1.53. The maximum Gasteiger partial charge on any atom is 0.247 e. The van der Waals surface area contributed by atoms with E-state index in [1.807, 2.05) is 24.3 Å². The molecule has 3 nitrogen and oxygen atoms in total. The van der Waals surface area contributed by atoms with Crippen molar-refractivity contribution in [3.8, 4) is 0 Å². The maximum absolute atomic E-state index is 13.0. The fourth-order valence-corrected chi connectivity index (χ4v) is 9.91. The third-order valence-corrected chi connectivity index (χ3v) is 12.4. The second-order valence-corrected chi connectivity index (χ2v) is 15.3. The molecule has 0 amide bonds. The van der Waals surface area contributed by atoms with Crippen LogP contribution in [0.15, 0.2) is 169 Å². The standard InChI is InChI=1S/C24H20B.C23H25N2OS/c1-5-13-21(14-6-1)25(22-15-7-2-8-16-22,23-17-9-3-10-18-23)24-19-11-4-12-20-24;26-22-18-9-3-4-11-20(18)27-23-17(8-6-10-19(22)23)16-25-15-7-14-24-13-5-1-2-12-21(24)25/h1-20H;3-4,6,8-11H,1-2,5,7,12-16H2/q-1;+1. The SMILES string of the molecule is O=c1c2ccccc2sc2c(C[N+]3=C4CCCCCN4CCC3)cccc12.c1ccc([B-](c2ccccc2)(c2ccccc2)c2ccccc2)cc1. The highest BCUT2D eigenvalue weighted by atomic mass is 32.1. The molecule has 0 unspecified atom stereocenters. The van der Waals surface area contributed by atoms with Gasteiger partial charge in [-0.1, -0.05) is 146 Å². The summed E-state index contributed by atoms with van der Waals surface area (Å²) in [5, 5.41) is 1.71. The molecule has 0 atom stereocenters. The third kappa shape index (κ3) is 6.62. The monoisotopic (exact) mass is 696 g/mol. The summed E-state index contributed by atoms with van der Waals surface area (Å²) in [6, 6.07) is 57.8. The van der Waals surface area contributed by atoms with Gasteiger partial charge in [-0.25, -0.2) is 0 Å². The lowest BCUT2D eigenvalue weighted by Crippen LogP contribution is -2.74. The Morgan fingerprint density at radius 3 is 1.65 bits per heavy atom. The maximum atomic E-state index is 13.0. The van der Waals surface area contributed by atoms with Crippen LogP contribution in [0.25, 0.3) is 20.2 Å². The average Bonchev–Trinajstić information content (AvgIpc) is 3.47. The highest BCUT2D eigenvalue weighted by molar-refractivity contribution is 7.24. The number of hydrogen-bond acceptors (Lipinski definition) is 3. The molecule has 6 aromatic carbocycles. The van der Waals surface area contributed by atoms with Crippen molar-refractivity contribution in [1.29, 1.82) is 0 Å². The van der Waals surface area contributed by atoms with E-state index in [2.05, 4.69) is 149 Å². The van der Waals surface area contributed by atoms with Crippen LogP contribution in [0.3, 0.4) is 0 Å². The zero-order chi connectivity index (χ0) is 35.2. The Balaban J connectivity index is 0.000000149. The molecule has 0 spiro atoms. The first kappa shape index (κ1) is 33.9. The molecule has 2 aliphatic rings. The number of fused-ring (bicyclic) bond motifs is 3. The minimum Gasteiger partial charge on any atom is -0.289 e. The molecule has 0 aliphatic carbocycles. The molecule has 2 aliphatic heterocycles. The highest BCUT2D eigenvalue weighted by Crippen LogP contribution is 2.28. The lowest BCUT2D eigenvalue weighted by atomic mass is 9.13. The van der Waals surface area contributed by atoms with Gasteiger partial charge in [0.25, 0.3) is 0 Å². The summed E-state index contributed by atoms with van der Waals surface area (Å²) in [5.41, 5.74) is 6.82. The van der Waals surface area contributed by atoms with Crippen molar-refractivity contribution in [2.75, 3.05) is 19.6 Å². The molecule has 3 heterocycles. The molecule has 1 saturated heterocycles. The predicted molar refractivity (Wildman–Crippen MR) is 224 cm³/mol. The Morgan fingerprint density at radius 1 is 0.538 bits per heavy atom. The van der Waals surface area contributed by atoms with Crippen molar-refractivity contribution < 1.29 is 4.58 Å². The Bertz CT molecular complexity index is 2200. The molecule has 0 saturated carbocycles. The topological polar surface area (TPSA) is 23.3 Å². The van der Waals surface area contributed by atoms with Crippen LogP contribution in [0.5, 0.6) is 0 Å². The van der Waals surface area contributed by atoms with Crippen LogP contribution < -0.4 is 27.3 Å². The van der Waals surface area contributed by atoms with Crippen molar-refractivity contribution in [3.05, 3.63) is 180 Å². The summed E-state index contributed by atoms with van der Waals surface area (Å²) >= 11 is 1.76. The number of nitrogens with zero attached hydrogens (tertiary/aromatic N) is 2. The molecule has 1 fully saturated rings. The molecule has 52 heavy (non-hydrogen) atoms. The van der Waals surface area contributed by atoms with Crippen LogP contribution in [0.1, 0.15) is 37.7 Å². The van der Waals surface area contributed by atoms with Gasteiger partial charge in [0.2, 0.25) is 5.84 Å². The van der Waals surface area contributed by atoms with Crippen molar-refractivity contribution in [2.45, 2.75) is 38.6 Å². The van der Waals surface area contributed by atoms with Gasteiger partial charge in [0, 0.05) is 38.6 Å². The van der Waals surface area contributed by atoms with Crippen LogP contribution in [-0.4, -0.2) is 41.1 Å². The fourth-order valence-electron chi connectivity index (χ4n) is 8.73. The molecule has 9 rings (SSSR count). The third-order valence-electron chi connectivity index (χ3n) is 11.2. The van der Waals surface area contributed by atoms with Crippen molar-refractivity contribution >= 4 is 65.3 Å². The van der Waals surface area contributed by atoms with Crippen molar-refractivity contribution in [2.24, 2.45) is 0 Å². The van der Waals surface area contributed by atoms with Crippen LogP contribution in [-0.2, 0) is 6.54 Å². The van der Waals surface area contributed by atoms with E-state index in [1.54, 1.807) is 11.3 Å². The molecular weight excluding hydrogens is 651 g/mol. The molecule has 258 valence electrons. The lowest BCUT2D eigenvalue weighted by molar-refractivity contribution is -0.555. The van der Waals surface area contributed by atoms with Gasteiger partial charge in [0.05, 0.1) is 19.6 Å². The van der Waals surface area contributed by atoms with E-state index >= 15 is 0 Å². The summed E-state index contributed by atoms with van der Waals surface area (Å²) < 4.78 is 4.83. The second kappa shape index (κ2) is 15.6. The minimum absolute atomic E-state index is 0.170.